The van der Waals surface area contributed by atoms with Crippen LogP contribution in [0.5, 0.6) is 11.5 Å². The quantitative estimate of drug-likeness (QED) is 0.323. The monoisotopic (exact) mass is 496 g/mol. The fourth-order valence-electron chi connectivity index (χ4n) is 3.97. The third-order valence-corrected chi connectivity index (χ3v) is 5.80. The van der Waals surface area contributed by atoms with Crippen molar-refractivity contribution in [1.82, 2.24) is 9.97 Å². The van der Waals surface area contributed by atoms with Crippen LogP contribution in [0.1, 0.15) is 28.8 Å². The predicted octanol–water partition coefficient (Wildman–Crippen LogP) is 6.43. The van der Waals surface area contributed by atoms with E-state index in [0.29, 0.717) is 16.8 Å². The van der Waals surface area contributed by atoms with Gasteiger partial charge in [0.15, 0.2) is 11.6 Å². The molecule has 1 aliphatic rings. The van der Waals surface area contributed by atoms with E-state index >= 15 is 0 Å². The van der Waals surface area contributed by atoms with Crippen LogP contribution in [0.2, 0.25) is 0 Å². The van der Waals surface area contributed by atoms with Gasteiger partial charge in [-0.25, -0.2) is 9.37 Å². The molecule has 0 bridgehead atoms. The number of hydrogen-bond donors (Lipinski definition) is 1. The summed E-state index contributed by atoms with van der Waals surface area (Å²) in [6, 6.07) is 12.8. The molecule has 1 aliphatic heterocycles. The molecule has 1 N–H and O–H groups in total. The average molecular weight is 496 g/mol. The minimum Gasteiger partial charge on any atom is -0.454 e. The summed E-state index contributed by atoms with van der Waals surface area (Å²) >= 11 is 0. The summed E-state index contributed by atoms with van der Waals surface area (Å²) in [7, 11) is 0. The van der Waals surface area contributed by atoms with E-state index in [2.05, 4.69) is 20.2 Å². The lowest BCUT2D eigenvalue weighted by molar-refractivity contribution is -0.137. The molecular weight excluding hydrogens is 476 g/mol. The van der Waals surface area contributed by atoms with Gasteiger partial charge in [-0.15, -0.1) is 0 Å². The van der Waals surface area contributed by atoms with E-state index in [4.69, 9.17) is 4.74 Å². The number of hydrogen-bond acceptors (Lipinski definition) is 5. The summed E-state index contributed by atoms with van der Waals surface area (Å²) in [5.74, 6) is -0.501. The van der Waals surface area contributed by atoms with Crippen LogP contribution in [-0.4, -0.2) is 29.0 Å². The van der Waals surface area contributed by atoms with Gasteiger partial charge in [0.05, 0.1) is 22.8 Å². The normalized spacial score (nSPS) is 13.7. The zero-order chi connectivity index (χ0) is 25.3. The van der Waals surface area contributed by atoms with Gasteiger partial charge in [0.1, 0.15) is 11.6 Å². The van der Waals surface area contributed by atoms with Crippen molar-refractivity contribution < 1.29 is 27.1 Å². The molecule has 36 heavy (non-hydrogen) atoms. The number of nitrogens with zero attached hydrogens (tertiary/aromatic N) is 3. The van der Waals surface area contributed by atoms with E-state index in [1.54, 1.807) is 24.4 Å². The Labute approximate surface area is 203 Å². The molecule has 4 aromatic rings. The summed E-state index contributed by atoms with van der Waals surface area (Å²) in [6.45, 7) is 1.86. The Hall–Kier alpha value is -4.21. The molecule has 3 aromatic carbocycles. The van der Waals surface area contributed by atoms with E-state index in [0.717, 1.165) is 56.0 Å². The minimum absolute atomic E-state index is 0.0712. The number of benzene rings is 3. The molecule has 184 valence electrons. The summed E-state index contributed by atoms with van der Waals surface area (Å²) in [5.41, 5.74) is 0.219. The van der Waals surface area contributed by atoms with Crippen LogP contribution in [0.3, 0.4) is 0 Å². The number of ether oxygens (including phenoxy) is 1. The molecule has 0 aliphatic carbocycles. The van der Waals surface area contributed by atoms with Gasteiger partial charge in [0, 0.05) is 36.5 Å². The van der Waals surface area contributed by atoms with Crippen molar-refractivity contribution in [3.8, 4) is 11.5 Å². The molecule has 1 aromatic heterocycles. The van der Waals surface area contributed by atoms with Crippen molar-refractivity contribution in [2.75, 3.05) is 23.3 Å². The first kappa shape index (κ1) is 23.5. The SMILES string of the molecule is O=C(Nc1ccc(Oc2ccc3ncc(N4CCCC4)nc3c2)c(F)c1)c1cccc(C(F)(F)F)c1. The second-order valence-corrected chi connectivity index (χ2v) is 8.35. The first-order chi connectivity index (χ1) is 17.3. The van der Waals surface area contributed by atoms with Crippen molar-refractivity contribution in [3.05, 3.63) is 83.8 Å². The smallest absolute Gasteiger partial charge is 0.416 e. The van der Waals surface area contributed by atoms with Gasteiger partial charge in [-0.2, -0.15) is 13.2 Å². The number of anilines is 2. The Balaban J connectivity index is 1.31. The van der Waals surface area contributed by atoms with Gasteiger partial charge in [-0.05, 0) is 55.3 Å². The van der Waals surface area contributed by atoms with Crippen LogP contribution in [-0.2, 0) is 6.18 Å². The van der Waals surface area contributed by atoms with E-state index in [1.165, 1.54) is 18.2 Å². The third-order valence-electron chi connectivity index (χ3n) is 5.80. The summed E-state index contributed by atoms with van der Waals surface area (Å²) in [4.78, 5) is 23.6. The van der Waals surface area contributed by atoms with Crippen LogP contribution >= 0.6 is 0 Å². The van der Waals surface area contributed by atoms with Crippen molar-refractivity contribution >= 4 is 28.4 Å². The first-order valence-corrected chi connectivity index (χ1v) is 11.2. The van der Waals surface area contributed by atoms with Crippen LogP contribution in [0.25, 0.3) is 11.0 Å². The number of amides is 1. The maximum Gasteiger partial charge on any atom is 0.416 e. The number of alkyl halides is 3. The predicted molar refractivity (Wildman–Crippen MR) is 127 cm³/mol. The fourth-order valence-corrected chi connectivity index (χ4v) is 3.97. The molecule has 1 amide bonds. The van der Waals surface area contributed by atoms with Gasteiger partial charge in [-0.1, -0.05) is 6.07 Å². The second-order valence-electron chi connectivity index (χ2n) is 8.35. The Morgan fingerprint density at radius 3 is 2.53 bits per heavy atom. The van der Waals surface area contributed by atoms with E-state index < -0.39 is 23.5 Å². The minimum atomic E-state index is -4.58. The average Bonchev–Trinajstić information content (AvgIpc) is 3.40. The number of carbonyl (C=O) groups excluding carboxylic acids is 1. The summed E-state index contributed by atoms with van der Waals surface area (Å²) in [5, 5.41) is 2.40. The highest BCUT2D eigenvalue weighted by atomic mass is 19.4. The molecule has 0 saturated carbocycles. The van der Waals surface area contributed by atoms with Crippen LogP contribution < -0.4 is 15.0 Å². The van der Waals surface area contributed by atoms with Crippen molar-refractivity contribution in [1.29, 1.82) is 0 Å². The lowest BCUT2D eigenvalue weighted by Gasteiger charge is -2.16. The molecule has 10 heteroatoms. The molecule has 5 rings (SSSR count). The van der Waals surface area contributed by atoms with E-state index in [1.807, 2.05) is 0 Å². The largest absolute Gasteiger partial charge is 0.454 e. The van der Waals surface area contributed by atoms with Gasteiger partial charge in [0.2, 0.25) is 0 Å². The van der Waals surface area contributed by atoms with Crippen molar-refractivity contribution in [3.63, 3.8) is 0 Å². The van der Waals surface area contributed by atoms with Gasteiger partial charge in [0.25, 0.3) is 5.91 Å². The van der Waals surface area contributed by atoms with Crippen LogP contribution in [0.4, 0.5) is 29.1 Å². The third kappa shape index (κ3) is 5.07. The standard InChI is InChI=1S/C26H20F4N4O2/c27-20-13-18(32-25(35)16-4-3-5-17(12-16)26(28,29)30)6-9-23(20)36-19-7-8-21-22(14-19)33-24(15-31-21)34-10-1-2-11-34/h3-9,12-15H,1-2,10-11H2,(H,32,35). The zero-order valence-corrected chi connectivity index (χ0v) is 18.8. The number of nitrogens with one attached hydrogen (secondary N) is 1. The lowest BCUT2D eigenvalue weighted by Crippen LogP contribution is -2.19. The molecule has 1 fully saturated rings. The summed E-state index contributed by atoms with van der Waals surface area (Å²) in [6.07, 6.45) is -0.622. The molecule has 2 heterocycles. The summed E-state index contributed by atoms with van der Waals surface area (Å²) < 4.78 is 59.1. The maximum absolute atomic E-state index is 14.7. The highest BCUT2D eigenvalue weighted by Crippen LogP contribution is 2.31. The highest BCUT2D eigenvalue weighted by Gasteiger charge is 2.31. The van der Waals surface area contributed by atoms with Crippen molar-refractivity contribution in [2.45, 2.75) is 19.0 Å². The van der Waals surface area contributed by atoms with Crippen LogP contribution in [0, 0.1) is 5.82 Å². The van der Waals surface area contributed by atoms with Gasteiger partial charge < -0.3 is 15.0 Å². The van der Waals surface area contributed by atoms with E-state index in [-0.39, 0.29) is 17.0 Å². The molecule has 0 spiro atoms. The molecule has 0 radical (unpaired) electrons. The number of rotatable bonds is 5. The molecule has 6 nitrogen and oxygen atoms in total. The number of aromatic nitrogens is 2. The molecule has 0 unspecified atom stereocenters. The number of fused-ring (bicyclic) bond motifs is 1. The maximum atomic E-state index is 14.7. The second kappa shape index (κ2) is 9.44. The first-order valence-electron chi connectivity index (χ1n) is 11.2. The Morgan fingerprint density at radius 2 is 1.78 bits per heavy atom. The Bertz CT molecular complexity index is 1440. The highest BCUT2D eigenvalue weighted by molar-refractivity contribution is 6.04. The Morgan fingerprint density at radius 1 is 0.972 bits per heavy atom. The van der Waals surface area contributed by atoms with Crippen molar-refractivity contribution in [2.24, 2.45) is 0 Å². The molecular formula is C26H20F4N4O2. The van der Waals surface area contributed by atoms with Gasteiger partial charge in [-0.3, -0.25) is 9.78 Å². The lowest BCUT2D eigenvalue weighted by atomic mass is 10.1. The topological polar surface area (TPSA) is 67.3 Å². The molecule has 1 saturated heterocycles. The zero-order valence-electron chi connectivity index (χ0n) is 18.8. The number of carbonyl (C=O) groups is 1. The molecule has 0 atom stereocenters. The number of halogens is 4. The fraction of sp³-hybridized carbons (Fsp3) is 0.192. The van der Waals surface area contributed by atoms with Crippen LogP contribution in [0.15, 0.2) is 66.9 Å². The van der Waals surface area contributed by atoms with Gasteiger partial charge >= 0.3 is 6.18 Å². The van der Waals surface area contributed by atoms with E-state index in [9.17, 15) is 22.4 Å². The Kier molecular flexibility index (Phi) is 6.17.